The van der Waals surface area contributed by atoms with Gasteiger partial charge in [-0.15, -0.1) is 0 Å². The Hall–Kier alpha value is -1.49. The number of carbonyl (C=O) groups excluding carboxylic acids is 1. The minimum atomic E-state index is -0.545. The first-order valence-electron chi connectivity index (χ1n) is 2.99. The van der Waals surface area contributed by atoms with Crippen molar-refractivity contribution in [2.24, 2.45) is 0 Å². The molecule has 0 aliphatic carbocycles. The van der Waals surface area contributed by atoms with E-state index >= 15 is 0 Å². The lowest BCUT2D eigenvalue weighted by molar-refractivity contribution is -0.118. The zero-order valence-corrected chi connectivity index (χ0v) is 5.69. The van der Waals surface area contributed by atoms with Gasteiger partial charge in [0.05, 0.1) is 6.20 Å². The topological polar surface area (TPSA) is 75.1 Å². The summed E-state index contributed by atoms with van der Waals surface area (Å²) in [4.78, 5) is 18.0. The first-order valence-corrected chi connectivity index (χ1v) is 2.99. The van der Waals surface area contributed by atoms with Crippen molar-refractivity contribution in [3.05, 3.63) is 18.6 Å². The fourth-order valence-electron chi connectivity index (χ4n) is 0.546. The van der Waals surface area contributed by atoms with Gasteiger partial charge < -0.3 is 10.4 Å². The summed E-state index contributed by atoms with van der Waals surface area (Å²) < 4.78 is 0. The molecule has 0 aromatic carbocycles. The fourth-order valence-corrected chi connectivity index (χ4v) is 0.546. The Labute approximate surface area is 63.1 Å². The summed E-state index contributed by atoms with van der Waals surface area (Å²) in [5.74, 6) is -0.156. The molecular weight excluding hydrogens is 146 g/mol. The zero-order chi connectivity index (χ0) is 8.10. The Bertz CT molecular complexity index is 237. The Morgan fingerprint density at radius 1 is 1.64 bits per heavy atom. The second-order valence-corrected chi connectivity index (χ2v) is 1.80. The van der Waals surface area contributed by atoms with Gasteiger partial charge in [0.25, 0.3) is 5.91 Å². The second-order valence-electron chi connectivity index (χ2n) is 1.80. The van der Waals surface area contributed by atoms with Gasteiger partial charge in [-0.05, 0) is 0 Å². The van der Waals surface area contributed by atoms with E-state index in [9.17, 15) is 4.79 Å². The van der Waals surface area contributed by atoms with Crippen LogP contribution in [0.2, 0.25) is 0 Å². The van der Waals surface area contributed by atoms with Gasteiger partial charge in [0.1, 0.15) is 6.61 Å². The second kappa shape index (κ2) is 3.62. The van der Waals surface area contributed by atoms with Crippen LogP contribution < -0.4 is 5.32 Å². The van der Waals surface area contributed by atoms with E-state index in [1.165, 1.54) is 18.6 Å². The third-order valence-corrected chi connectivity index (χ3v) is 0.974. The van der Waals surface area contributed by atoms with Crippen LogP contribution in [0.4, 0.5) is 5.82 Å². The maximum Gasteiger partial charge on any atom is 0.251 e. The number of aromatic nitrogens is 2. The van der Waals surface area contributed by atoms with E-state index in [0.29, 0.717) is 5.82 Å². The monoisotopic (exact) mass is 153 g/mol. The molecular formula is C6H7N3O2. The molecule has 0 aliphatic rings. The van der Waals surface area contributed by atoms with Crippen LogP contribution >= 0.6 is 0 Å². The molecule has 0 unspecified atom stereocenters. The molecule has 0 saturated carbocycles. The lowest BCUT2D eigenvalue weighted by Crippen LogP contribution is -2.16. The van der Waals surface area contributed by atoms with Crippen LogP contribution in [0.25, 0.3) is 0 Å². The molecule has 2 N–H and O–H groups in total. The highest BCUT2D eigenvalue weighted by atomic mass is 16.3. The number of rotatable bonds is 2. The van der Waals surface area contributed by atoms with Crippen LogP contribution in [-0.4, -0.2) is 27.6 Å². The maximum absolute atomic E-state index is 10.6. The molecule has 0 spiro atoms. The van der Waals surface area contributed by atoms with Gasteiger partial charge in [0.2, 0.25) is 0 Å². The summed E-state index contributed by atoms with van der Waals surface area (Å²) >= 11 is 0. The Kier molecular flexibility index (Phi) is 2.51. The number of amides is 1. The third-order valence-electron chi connectivity index (χ3n) is 0.974. The Morgan fingerprint density at radius 2 is 2.45 bits per heavy atom. The number of carbonyl (C=O) groups is 1. The molecule has 0 bridgehead atoms. The smallest absolute Gasteiger partial charge is 0.251 e. The van der Waals surface area contributed by atoms with Crippen molar-refractivity contribution in [1.82, 2.24) is 9.97 Å². The van der Waals surface area contributed by atoms with Gasteiger partial charge in [-0.1, -0.05) is 0 Å². The lowest BCUT2D eigenvalue weighted by Gasteiger charge is -1.98. The van der Waals surface area contributed by atoms with Crippen molar-refractivity contribution in [3.8, 4) is 0 Å². The number of aliphatic hydroxyl groups is 1. The first-order chi connectivity index (χ1) is 5.33. The quantitative estimate of drug-likeness (QED) is 0.595. The first kappa shape index (κ1) is 7.62. The summed E-state index contributed by atoms with van der Waals surface area (Å²) in [7, 11) is 0. The average Bonchev–Trinajstić information content (AvgIpc) is 2.06. The predicted molar refractivity (Wildman–Crippen MR) is 37.7 cm³/mol. The van der Waals surface area contributed by atoms with Crippen molar-refractivity contribution in [2.45, 2.75) is 0 Å². The fraction of sp³-hybridized carbons (Fsp3) is 0.167. The molecule has 0 saturated heterocycles. The lowest BCUT2D eigenvalue weighted by atomic mass is 10.6. The van der Waals surface area contributed by atoms with E-state index < -0.39 is 12.5 Å². The Morgan fingerprint density at radius 3 is 3.00 bits per heavy atom. The maximum atomic E-state index is 10.6. The van der Waals surface area contributed by atoms with E-state index in [-0.39, 0.29) is 0 Å². The van der Waals surface area contributed by atoms with E-state index in [1.807, 2.05) is 0 Å². The molecule has 58 valence electrons. The zero-order valence-electron chi connectivity index (χ0n) is 5.69. The van der Waals surface area contributed by atoms with Crippen molar-refractivity contribution < 1.29 is 9.90 Å². The molecule has 5 heteroatoms. The van der Waals surface area contributed by atoms with Crippen LogP contribution in [0.1, 0.15) is 0 Å². The summed E-state index contributed by atoms with van der Waals surface area (Å²) in [5.41, 5.74) is 0. The van der Waals surface area contributed by atoms with E-state index in [1.54, 1.807) is 0 Å². The molecule has 0 radical (unpaired) electrons. The van der Waals surface area contributed by atoms with Crippen LogP contribution in [0.15, 0.2) is 18.6 Å². The summed E-state index contributed by atoms with van der Waals surface area (Å²) in [6.45, 7) is -0.545. The molecule has 5 nitrogen and oxygen atoms in total. The van der Waals surface area contributed by atoms with Gasteiger partial charge in [0, 0.05) is 12.4 Å². The minimum absolute atomic E-state index is 0.339. The number of hydrogen-bond donors (Lipinski definition) is 2. The van der Waals surface area contributed by atoms with Gasteiger partial charge in [0.15, 0.2) is 5.82 Å². The highest BCUT2D eigenvalue weighted by molar-refractivity contribution is 5.90. The van der Waals surface area contributed by atoms with Crippen molar-refractivity contribution >= 4 is 11.7 Å². The normalized spacial score (nSPS) is 9.18. The summed E-state index contributed by atoms with van der Waals surface area (Å²) in [6, 6.07) is 0. The molecule has 1 aromatic rings. The molecule has 11 heavy (non-hydrogen) atoms. The number of hydrogen-bond acceptors (Lipinski definition) is 4. The van der Waals surface area contributed by atoms with E-state index in [0.717, 1.165) is 0 Å². The highest BCUT2D eigenvalue weighted by Gasteiger charge is 1.98. The van der Waals surface area contributed by atoms with Crippen LogP contribution in [-0.2, 0) is 4.79 Å². The van der Waals surface area contributed by atoms with E-state index in [4.69, 9.17) is 5.11 Å². The van der Waals surface area contributed by atoms with E-state index in [2.05, 4.69) is 15.3 Å². The van der Waals surface area contributed by atoms with Crippen LogP contribution in [0.5, 0.6) is 0 Å². The summed E-state index contributed by atoms with van der Waals surface area (Å²) in [6.07, 6.45) is 4.34. The van der Waals surface area contributed by atoms with Crippen LogP contribution in [0.3, 0.4) is 0 Å². The highest BCUT2D eigenvalue weighted by Crippen LogP contribution is 1.95. The number of anilines is 1. The third kappa shape index (κ3) is 2.30. The van der Waals surface area contributed by atoms with Gasteiger partial charge in [-0.2, -0.15) is 0 Å². The molecule has 1 aromatic heterocycles. The molecule has 1 rings (SSSR count). The molecule has 1 amide bonds. The number of aliphatic hydroxyl groups excluding tert-OH is 1. The van der Waals surface area contributed by atoms with Crippen molar-refractivity contribution in [1.29, 1.82) is 0 Å². The SMILES string of the molecule is O=C(CO)Nc1cnccn1. The van der Waals surface area contributed by atoms with Crippen LogP contribution in [0, 0.1) is 0 Å². The molecule has 0 atom stereocenters. The van der Waals surface area contributed by atoms with Gasteiger partial charge in [-0.25, -0.2) is 4.98 Å². The average molecular weight is 153 g/mol. The van der Waals surface area contributed by atoms with Gasteiger partial charge >= 0.3 is 0 Å². The van der Waals surface area contributed by atoms with Crippen molar-refractivity contribution in [3.63, 3.8) is 0 Å². The molecule has 0 fully saturated rings. The summed E-state index contributed by atoms with van der Waals surface area (Å²) in [5, 5.41) is 10.7. The molecule has 0 aliphatic heterocycles. The minimum Gasteiger partial charge on any atom is -0.387 e. The van der Waals surface area contributed by atoms with Gasteiger partial charge in [-0.3, -0.25) is 9.78 Å². The largest absolute Gasteiger partial charge is 0.387 e. The molecule has 1 heterocycles. The predicted octanol–water partition coefficient (Wildman–Crippen LogP) is -0.593. The number of nitrogens with zero attached hydrogens (tertiary/aromatic N) is 2. The standard InChI is InChI=1S/C6H7N3O2/c10-4-6(11)9-5-3-7-1-2-8-5/h1-3,10H,4H2,(H,8,9,11). The number of nitrogens with one attached hydrogen (secondary N) is 1. The Balaban J connectivity index is 2.58. The van der Waals surface area contributed by atoms with Crippen molar-refractivity contribution in [2.75, 3.05) is 11.9 Å².